The molecule has 15 heteroatoms. The van der Waals surface area contributed by atoms with Gasteiger partial charge in [0.25, 0.3) is 5.91 Å². The number of nitrogens with zero attached hydrogens (tertiary/aromatic N) is 1. The number of aliphatic hydroxyl groups excluding tert-OH is 1. The number of ether oxygens (including phenoxy) is 1. The summed E-state index contributed by atoms with van der Waals surface area (Å²) in [6, 6.07) is 8.99. The van der Waals surface area contributed by atoms with E-state index >= 15 is 0 Å². The van der Waals surface area contributed by atoms with E-state index in [9.17, 15) is 45.1 Å². The maximum atomic E-state index is 14.8. The molecule has 3 aromatic rings. The first-order valence-corrected chi connectivity index (χ1v) is 19.8. The molecule has 4 aliphatic rings. The summed E-state index contributed by atoms with van der Waals surface area (Å²) in [4.78, 5) is 39.8. The number of carbonyl (C=O) groups is 3. The molecular weight excluding hydrogens is 695 g/mol. The van der Waals surface area contributed by atoms with Crippen LogP contribution in [0.4, 0.5) is 8.78 Å². The predicted octanol–water partition coefficient (Wildman–Crippen LogP) is 3.80. The number of aryl methyl sites for hydroxylation is 1. The number of benzene rings is 3. The van der Waals surface area contributed by atoms with Crippen LogP contribution in [0.5, 0.6) is 0 Å². The van der Waals surface area contributed by atoms with Gasteiger partial charge in [0.05, 0.1) is 28.0 Å². The quantitative estimate of drug-likeness (QED) is 0.328. The van der Waals surface area contributed by atoms with Gasteiger partial charge in [-0.3, -0.25) is 9.59 Å². The van der Waals surface area contributed by atoms with Crippen molar-refractivity contribution < 1.29 is 49.8 Å². The Bertz CT molecular complexity index is 2140. The number of sulfone groups is 2. The van der Waals surface area contributed by atoms with Crippen LogP contribution in [0.1, 0.15) is 74.7 Å². The highest BCUT2D eigenvalue weighted by molar-refractivity contribution is 7.91. The molecule has 0 bridgehead atoms. The fraction of sp³-hybridized carbons (Fsp3) is 0.400. The Balaban J connectivity index is 0.000000257. The average molecular weight is 731 g/mol. The topological polar surface area (TPSA) is 164 Å². The van der Waals surface area contributed by atoms with Gasteiger partial charge in [-0.15, -0.1) is 0 Å². The molecule has 0 unspecified atom stereocenters. The van der Waals surface area contributed by atoms with Gasteiger partial charge in [0.1, 0.15) is 24.3 Å². The number of carbonyl (C=O) groups excluding carboxylic acids is 3. The molecule has 2 heterocycles. The first-order chi connectivity index (χ1) is 23.5. The number of amides is 2. The van der Waals surface area contributed by atoms with Gasteiger partial charge < -0.3 is 20.1 Å². The standard InChI is InChI=1S/C26H28F2N2O5S.C9H8O4S/c1-13-7-21(28)19(11-20(13)27)24(14-3-4-14)29-25(32)23-9-16-8-22(16)30(23)26(33)18-10-17(36(2,34)35)6-5-15(18)12-31;1-14(11,12)7-3-2-6-5-13-9(10)8(6)4-7/h5-7,10-11,14,16,22-24,31H,3-4,8-9,12H2,1-2H3,(H,29,32);2-4H,5H2,1H3/t16-,22-,23-,24-;/m1./s1. The minimum atomic E-state index is -3.60. The van der Waals surface area contributed by atoms with Crippen LogP contribution in [0.3, 0.4) is 0 Å². The molecule has 0 radical (unpaired) electrons. The lowest BCUT2D eigenvalue weighted by Crippen LogP contribution is -2.49. The van der Waals surface area contributed by atoms with Gasteiger partial charge >= 0.3 is 5.97 Å². The van der Waals surface area contributed by atoms with Crippen LogP contribution < -0.4 is 5.32 Å². The lowest BCUT2D eigenvalue weighted by molar-refractivity contribution is -0.126. The lowest BCUT2D eigenvalue weighted by atomic mass is 9.98. The number of esters is 1. The summed E-state index contributed by atoms with van der Waals surface area (Å²) in [5.41, 5.74) is 1.68. The Hall–Kier alpha value is -4.21. The third-order valence-electron chi connectivity index (χ3n) is 9.64. The molecule has 4 atom stereocenters. The van der Waals surface area contributed by atoms with Gasteiger partial charge in [0, 0.05) is 35.2 Å². The highest BCUT2D eigenvalue weighted by Crippen LogP contribution is 2.49. The van der Waals surface area contributed by atoms with Crippen LogP contribution in [-0.4, -0.2) is 69.2 Å². The van der Waals surface area contributed by atoms with E-state index in [1.807, 2.05) is 0 Å². The smallest absolute Gasteiger partial charge is 0.338 e. The largest absolute Gasteiger partial charge is 0.457 e. The molecule has 0 aromatic heterocycles. The minimum absolute atomic E-state index is 0.0157. The van der Waals surface area contributed by atoms with Crippen LogP contribution in [-0.2, 0) is 42.4 Å². The summed E-state index contributed by atoms with van der Waals surface area (Å²) in [5.74, 6) is -2.43. The van der Waals surface area contributed by atoms with Crippen LogP contribution in [0.25, 0.3) is 0 Å². The summed E-state index contributed by atoms with van der Waals surface area (Å²) in [6.07, 6.45) is 4.86. The molecule has 2 amide bonds. The van der Waals surface area contributed by atoms with Gasteiger partial charge in [0.15, 0.2) is 19.7 Å². The van der Waals surface area contributed by atoms with E-state index in [-0.39, 0.29) is 56.5 Å². The van der Waals surface area contributed by atoms with E-state index in [4.69, 9.17) is 4.74 Å². The van der Waals surface area contributed by atoms with Crippen molar-refractivity contribution in [1.29, 1.82) is 0 Å². The number of fused-ring (bicyclic) bond motifs is 2. The van der Waals surface area contributed by atoms with Gasteiger partial charge in [-0.05, 0) is 92.0 Å². The molecule has 50 heavy (non-hydrogen) atoms. The number of hydrogen-bond donors (Lipinski definition) is 2. The molecule has 2 saturated carbocycles. The second-order valence-corrected chi connectivity index (χ2v) is 17.4. The van der Waals surface area contributed by atoms with Crippen molar-refractivity contribution in [2.45, 2.75) is 73.7 Å². The fourth-order valence-electron chi connectivity index (χ4n) is 6.60. The highest BCUT2D eigenvalue weighted by atomic mass is 32.2. The lowest BCUT2D eigenvalue weighted by Gasteiger charge is -2.30. The maximum absolute atomic E-state index is 14.8. The number of piperidine rings is 1. The third kappa shape index (κ3) is 7.16. The molecule has 1 saturated heterocycles. The number of rotatable bonds is 8. The van der Waals surface area contributed by atoms with Crippen LogP contribution in [0.2, 0.25) is 0 Å². The summed E-state index contributed by atoms with van der Waals surface area (Å²) in [7, 11) is -6.85. The molecule has 2 aliphatic carbocycles. The van der Waals surface area contributed by atoms with Crippen LogP contribution >= 0.6 is 0 Å². The van der Waals surface area contributed by atoms with Gasteiger partial charge in [-0.1, -0.05) is 12.1 Å². The monoisotopic (exact) mass is 730 g/mol. The molecule has 266 valence electrons. The molecule has 7 rings (SSSR count). The second kappa shape index (κ2) is 13.2. The van der Waals surface area contributed by atoms with E-state index in [2.05, 4.69) is 5.32 Å². The summed E-state index contributed by atoms with van der Waals surface area (Å²) in [6.45, 7) is 1.24. The number of nitrogens with one attached hydrogen (secondary N) is 1. The molecule has 3 aromatic carbocycles. The van der Waals surface area contributed by atoms with Crippen molar-refractivity contribution in [1.82, 2.24) is 10.2 Å². The highest BCUT2D eigenvalue weighted by Gasteiger charge is 2.56. The number of halogens is 2. The van der Waals surface area contributed by atoms with Gasteiger partial charge in [0.2, 0.25) is 5.91 Å². The average Bonchev–Trinajstić information content (AvgIpc) is 3.98. The van der Waals surface area contributed by atoms with Gasteiger partial charge in [-0.2, -0.15) is 0 Å². The zero-order chi connectivity index (χ0) is 36.3. The zero-order valence-electron chi connectivity index (χ0n) is 27.5. The number of aliphatic hydroxyl groups is 1. The van der Waals surface area contributed by atoms with E-state index in [0.29, 0.717) is 12.0 Å². The maximum Gasteiger partial charge on any atom is 0.338 e. The molecule has 0 spiro atoms. The molecule has 2 aliphatic heterocycles. The van der Waals surface area contributed by atoms with Crippen molar-refractivity contribution in [3.05, 3.63) is 93.5 Å². The molecular formula is C35H36F2N2O9S2. The van der Waals surface area contributed by atoms with Crippen LogP contribution in [0, 0.1) is 30.4 Å². The first-order valence-electron chi connectivity index (χ1n) is 16.0. The summed E-state index contributed by atoms with van der Waals surface area (Å²) in [5, 5.41) is 12.7. The second-order valence-electron chi connectivity index (χ2n) is 13.4. The first kappa shape index (κ1) is 35.6. The van der Waals surface area contributed by atoms with E-state index in [0.717, 1.165) is 49.5 Å². The van der Waals surface area contributed by atoms with E-state index in [1.54, 1.807) is 6.07 Å². The fourth-order valence-corrected chi connectivity index (χ4v) is 7.89. The van der Waals surface area contributed by atoms with Crippen molar-refractivity contribution in [2.24, 2.45) is 11.8 Å². The molecule has 2 N–H and O–H groups in total. The van der Waals surface area contributed by atoms with E-state index in [1.165, 1.54) is 42.2 Å². The summed E-state index contributed by atoms with van der Waals surface area (Å²) < 4.78 is 80.3. The van der Waals surface area contributed by atoms with Crippen molar-refractivity contribution in [2.75, 3.05) is 12.5 Å². The Labute approximate surface area is 288 Å². The third-order valence-corrected chi connectivity index (χ3v) is 11.9. The Kier molecular flexibility index (Phi) is 9.37. The zero-order valence-corrected chi connectivity index (χ0v) is 29.1. The Morgan fingerprint density at radius 1 is 0.960 bits per heavy atom. The number of likely N-dealkylation sites (tertiary alicyclic amines) is 1. The van der Waals surface area contributed by atoms with Crippen molar-refractivity contribution >= 4 is 37.5 Å². The number of hydrogen-bond acceptors (Lipinski definition) is 9. The van der Waals surface area contributed by atoms with Crippen LogP contribution in [0.15, 0.2) is 58.3 Å². The predicted molar refractivity (Wildman–Crippen MR) is 175 cm³/mol. The SMILES string of the molecule is CS(=O)(=O)c1ccc2c(c1)C(=O)OC2.Cc1cc(F)c([C@H](NC(=O)[C@H]2C[C@H]3C[C@H]3N2C(=O)c2cc(S(C)(=O)=O)ccc2CO)C2CC2)cc1F. The van der Waals surface area contributed by atoms with Crippen molar-refractivity contribution in [3.63, 3.8) is 0 Å². The Morgan fingerprint density at radius 2 is 1.62 bits per heavy atom. The summed E-state index contributed by atoms with van der Waals surface area (Å²) >= 11 is 0. The molecule has 3 fully saturated rings. The number of cyclic esters (lactones) is 1. The van der Waals surface area contributed by atoms with Crippen molar-refractivity contribution in [3.8, 4) is 0 Å². The van der Waals surface area contributed by atoms with Gasteiger partial charge in [-0.25, -0.2) is 30.4 Å². The normalized spacial score (nSPS) is 21.4. The van der Waals surface area contributed by atoms with E-state index < -0.39 is 67.8 Å². The minimum Gasteiger partial charge on any atom is -0.457 e. The Morgan fingerprint density at radius 3 is 2.26 bits per heavy atom. The molecule has 11 nitrogen and oxygen atoms in total.